The van der Waals surface area contributed by atoms with E-state index >= 15 is 0 Å². The Kier molecular flexibility index (Phi) is 4.90. The minimum Gasteiger partial charge on any atom is -0.288 e. The van der Waals surface area contributed by atoms with Gasteiger partial charge in [0.15, 0.2) is 5.12 Å². The van der Waals surface area contributed by atoms with Gasteiger partial charge in [-0.05, 0) is 13.0 Å². The zero-order valence-corrected chi connectivity index (χ0v) is 10.5. The monoisotopic (exact) mass is 251 g/mol. The Bertz CT molecular complexity index is 469. The number of hydrogen-bond donors (Lipinski definition) is 0. The van der Waals surface area contributed by atoms with Crippen LogP contribution in [0.15, 0.2) is 24.3 Å². The Morgan fingerprint density at radius 1 is 1.53 bits per heavy atom. The van der Waals surface area contributed by atoms with Crippen molar-refractivity contribution in [2.75, 3.05) is 5.75 Å². The van der Waals surface area contributed by atoms with Gasteiger partial charge in [-0.15, -0.1) is 0 Å². The van der Waals surface area contributed by atoms with E-state index in [-0.39, 0.29) is 10.8 Å². The smallest absolute Gasteiger partial charge is 0.276 e. The predicted octanol–water partition coefficient (Wildman–Crippen LogP) is 3.20. The van der Waals surface area contributed by atoms with Gasteiger partial charge in [-0.25, -0.2) is 0 Å². The van der Waals surface area contributed by atoms with Crippen molar-refractivity contribution in [2.24, 2.45) is 0 Å². The van der Waals surface area contributed by atoms with E-state index in [4.69, 9.17) is 0 Å². The zero-order valence-electron chi connectivity index (χ0n) is 9.67. The van der Waals surface area contributed by atoms with Gasteiger partial charge in [0, 0.05) is 18.7 Å². The minimum atomic E-state index is -0.406. The molecule has 0 heterocycles. The second-order valence-corrected chi connectivity index (χ2v) is 4.72. The molecular formula is C12H13NO3S. The van der Waals surface area contributed by atoms with Gasteiger partial charge in [-0.3, -0.25) is 14.9 Å². The van der Waals surface area contributed by atoms with E-state index in [9.17, 15) is 14.9 Å². The first kappa shape index (κ1) is 13.4. The van der Waals surface area contributed by atoms with Gasteiger partial charge in [0.05, 0.1) is 10.5 Å². The molecule has 17 heavy (non-hydrogen) atoms. The highest BCUT2D eigenvalue weighted by molar-refractivity contribution is 8.13. The molecule has 0 bridgehead atoms. The van der Waals surface area contributed by atoms with E-state index in [2.05, 4.69) is 0 Å². The highest BCUT2D eigenvalue weighted by atomic mass is 32.2. The fraction of sp³-hybridized carbons (Fsp3) is 0.250. The molecule has 0 unspecified atom stereocenters. The Balaban J connectivity index is 2.85. The highest BCUT2D eigenvalue weighted by Gasteiger charge is 2.10. The van der Waals surface area contributed by atoms with Crippen LogP contribution in [0.3, 0.4) is 0 Å². The Labute approximate surface area is 104 Å². The molecule has 0 aromatic heterocycles. The molecule has 0 N–H and O–H groups in total. The quantitative estimate of drug-likeness (QED) is 0.609. The lowest BCUT2D eigenvalue weighted by molar-refractivity contribution is -0.385. The maximum absolute atomic E-state index is 10.8. The molecule has 0 fully saturated rings. The zero-order chi connectivity index (χ0) is 12.8. The maximum atomic E-state index is 10.8. The number of benzene rings is 1. The normalized spacial score (nSPS) is 10.7. The number of carbonyl (C=O) groups is 1. The van der Waals surface area contributed by atoms with Gasteiger partial charge in [-0.1, -0.05) is 35.5 Å². The molecule has 0 radical (unpaired) electrons. The largest absolute Gasteiger partial charge is 0.288 e. The van der Waals surface area contributed by atoms with Crippen molar-refractivity contribution in [3.8, 4) is 0 Å². The number of nitro benzene ring substituents is 1. The number of aryl methyl sites for hydroxylation is 1. The Morgan fingerprint density at radius 2 is 2.24 bits per heavy atom. The highest BCUT2D eigenvalue weighted by Crippen LogP contribution is 2.21. The summed E-state index contributed by atoms with van der Waals surface area (Å²) >= 11 is 1.17. The minimum absolute atomic E-state index is 0.0355. The van der Waals surface area contributed by atoms with Crippen LogP contribution in [0, 0.1) is 17.0 Å². The SMILES string of the molecule is CC(=O)SCC=Cc1cc(C)ccc1[N+](=O)[O-]. The standard InChI is InChI=1S/C12H13NO3S/c1-9-5-6-12(13(15)16)11(8-9)4-3-7-17-10(2)14/h3-6,8H,7H2,1-2H3. The average molecular weight is 251 g/mol. The summed E-state index contributed by atoms with van der Waals surface area (Å²) in [6.07, 6.45) is 3.44. The number of thioether (sulfide) groups is 1. The Morgan fingerprint density at radius 3 is 2.82 bits per heavy atom. The molecule has 0 aliphatic carbocycles. The number of carbonyl (C=O) groups excluding carboxylic acids is 1. The van der Waals surface area contributed by atoms with E-state index < -0.39 is 4.92 Å². The van der Waals surface area contributed by atoms with Gasteiger partial charge < -0.3 is 0 Å². The van der Waals surface area contributed by atoms with E-state index in [1.165, 1.54) is 24.8 Å². The van der Waals surface area contributed by atoms with Gasteiger partial charge in [0.25, 0.3) is 5.69 Å². The summed E-state index contributed by atoms with van der Waals surface area (Å²) in [6.45, 7) is 3.37. The van der Waals surface area contributed by atoms with E-state index in [0.29, 0.717) is 11.3 Å². The molecule has 1 rings (SSSR count). The molecule has 0 saturated heterocycles. The van der Waals surface area contributed by atoms with Crippen molar-refractivity contribution in [2.45, 2.75) is 13.8 Å². The summed E-state index contributed by atoms with van der Waals surface area (Å²) in [5, 5.41) is 10.8. The molecule has 0 saturated carbocycles. The molecule has 1 aromatic rings. The van der Waals surface area contributed by atoms with Crippen molar-refractivity contribution in [3.05, 3.63) is 45.5 Å². The topological polar surface area (TPSA) is 60.2 Å². The van der Waals surface area contributed by atoms with Crippen LogP contribution in [0.5, 0.6) is 0 Å². The molecule has 90 valence electrons. The molecular weight excluding hydrogens is 238 g/mol. The van der Waals surface area contributed by atoms with Crippen LogP contribution in [-0.4, -0.2) is 15.8 Å². The first-order chi connectivity index (χ1) is 8.00. The fourth-order valence-corrected chi connectivity index (χ4v) is 1.74. The van der Waals surface area contributed by atoms with E-state index in [1.54, 1.807) is 24.3 Å². The molecule has 1 aromatic carbocycles. The summed E-state index contributed by atoms with van der Waals surface area (Å²) in [5.74, 6) is 0.528. The second-order valence-electron chi connectivity index (χ2n) is 3.52. The third kappa shape index (κ3) is 4.40. The summed E-state index contributed by atoms with van der Waals surface area (Å²) in [4.78, 5) is 21.1. The van der Waals surface area contributed by atoms with Crippen molar-refractivity contribution in [3.63, 3.8) is 0 Å². The molecule has 0 amide bonds. The lowest BCUT2D eigenvalue weighted by Gasteiger charge is -1.99. The van der Waals surface area contributed by atoms with Crippen molar-refractivity contribution < 1.29 is 9.72 Å². The number of rotatable bonds is 4. The first-order valence-electron chi connectivity index (χ1n) is 5.05. The van der Waals surface area contributed by atoms with Crippen molar-refractivity contribution in [1.82, 2.24) is 0 Å². The van der Waals surface area contributed by atoms with Crippen LogP contribution in [0.2, 0.25) is 0 Å². The van der Waals surface area contributed by atoms with Gasteiger partial charge >= 0.3 is 0 Å². The van der Waals surface area contributed by atoms with Crippen LogP contribution >= 0.6 is 11.8 Å². The van der Waals surface area contributed by atoms with Crippen molar-refractivity contribution >= 4 is 28.6 Å². The third-order valence-corrected chi connectivity index (χ3v) is 2.83. The molecule has 4 nitrogen and oxygen atoms in total. The third-order valence-electron chi connectivity index (χ3n) is 2.06. The summed E-state index contributed by atoms with van der Waals surface area (Å²) < 4.78 is 0. The summed E-state index contributed by atoms with van der Waals surface area (Å²) in [6, 6.07) is 4.96. The fourth-order valence-electron chi connectivity index (χ4n) is 1.31. The molecule has 0 aliphatic rings. The molecule has 0 spiro atoms. The number of hydrogen-bond acceptors (Lipinski definition) is 4. The maximum Gasteiger partial charge on any atom is 0.276 e. The number of nitrogens with zero attached hydrogens (tertiary/aromatic N) is 1. The first-order valence-corrected chi connectivity index (χ1v) is 6.04. The van der Waals surface area contributed by atoms with E-state index in [1.807, 2.05) is 6.92 Å². The molecule has 5 heteroatoms. The number of nitro groups is 1. The van der Waals surface area contributed by atoms with Crippen LogP contribution in [0.1, 0.15) is 18.1 Å². The lowest BCUT2D eigenvalue weighted by Crippen LogP contribution is -1.92. The van der Waals surface area contributed by atoms with E-state index in [0.717, 1.165) is 5.56 Å². The van der Waals surface area contributed by atoms with Crippen molar-refractivity contribution in [1.29, 1.82) is 0 Å². The second kappa shape index (κ2) is 6.20. The molecule has 0 aliphatic heterocycles. The van der Waals surface area contributed by atoms with Crippen LogP contribution in [0.25, 0.3) is 6.08 Å². The predicted molar refractivity (Wildman–Crippen MR) is 70.0 cm³/mol. The summed E-state index contributed by atoms with van der Waals surface area (Å²) in [7, 11) is 0. The van der Waals surface area contributed by atoms with Gasteiger partial charge in [0.1, 0.15) is 0 Å². The average Bonchev–Trinajstić information content (AvgIpc) is 2.23. The van der Waals surface area contributed by atoms with Crippen LogP contribution < -0.4 is 0 Å². The Hall–Kier alpha value is -1.62. The summed E-state index contributed by atoms with van der Waals surface area (Å²) in [5.41, 5.74) is 1.62. The van der Waals surface area contributed by atoms with Crippen LogP contribution in [0.4, 0.5) is 5.69 Å². The van der Waals surface area contributed by atoms with Gasteiger partial charge in [0.2, 0.25) is 0 Å². The molecule has 0 atom stereocenters. The van der Waals surface area contributed by atoms with Gasteiger partial charge in [-0.2, -0.15) is 0 Å². The van der Waals surface area contributed by atoms with Crippen LogP contribution in [-0.2, 0) is 4.79 Å². The lowest BCUT2D eigenvalue weighted by atomic mass is 10.1.